The van der Waals surface area contributed by atoms with Gasteiger partial charge in [0.25, 0.3) is 0 Å². The van der Waals surface area contributed by atoms with Crippen LogP contribution in [0.3, 0.4) is 0 Å². The van der Waals surface area contributed by atoms with Crippen LogP contribution in [0.15, 0.2) is 23.1 Å². The highest BCUT2D eigenvalue weighted by molar-refractivity contribution is 7.79. The standard InChI is InChI=1S/C7H4F4O3S/c8-4-2-1-3-5(15(12)13)6(4)14-7(9,10)11/h1-3H,(H,12,13)/p-1. The summed E-state index contributed by atoms with van der Waals surface area (Å²) < 4.78 is 72.3. The molecule has 3 nitrogen and oxygen atoms in total. The Balaban J connectivity index is 3.19. The minimum Gasteiger partial charge on any atom is -0.768 e. The smallest absolute Gasteiger partial charge is 0.573 e. The van der Waals surface area contributed by atoms with Gasteiger partial charge in [-0.1, -0.05) is 6.07 Å². The maximum Gasteiger partial charge on any atom is 0.573 e. The maximum atomic E-state index is 12.8. The molecule has 0 bridgehead atoms. The van der Waals surface area contributed by atoms with Gasteiger partial charge in [-0.25, -0.2) is 4.39 Å². The summed E-state index contributed by atoms with van der Waals surface area (Å²) in [6.07, 6.45) is -5.14. The normalized spacial score (nSPS) is 13.7. The summed E-state index contributed by atoms with van der Waals surface area (Å²) in [5.41, 5.74) is 0. The molecule has 0 saturated carbocycles. The monoisotopic (exact) mass is 243 g/mol. The maximum absolute atomic E-state index is 12.8. The molecule has 8 heteroatoms. The summed E-state index contributed by atoms with van der Waals surface area (Å²) in [6, 6.07) is 2.42. The third-order valence-corrected chi connectivity index (χ3v) is 2.01. The Morgan fingerprint density at radius 2 is 1.93 bits per heavy atom. The SMILES string of the molecule is O=S([O-])c1cccc(F)c1OC(F)(F)F. The van der Waals surface area contributed by atoms with Crippen LogP contribution in [-0.2, 0) is 11.1 Å². The van der Waals surface area contributed by atoms with Crippen LogP contribution in [0.2, 0.25) is 0 Å². The largest absolute Gasteiger partial charge is 0.768 e. The Morgan fingerprint density at radius 3 is 2.40 bits per heavy atom. The highest BCUT2D eigenvalue weighted by Gasteiger charge is 2.33. The number of hydrogen-bond donors (Lipinski definition) is 0. The highest BCUT2D eigenvalue weighted by Crippen LogP contribution is 2.30. The van der Waals surface area contributed by atoms with Gasteiger partial charge in [0, 0.05) is 0 Å². The van der Waals surface area contributed by atoms with Crippen molar-refractivity contribution in [1.82, 2.24) is 0 Å². The molecule has 1 aromatic rings. The first-order chi connectivity index (χ1) is 6.81. The highest BCUT2D eigenvalue weighted by atomic mass is 32.2. The van der Waals surface area contributed by atoms with Gasteiger partial charge < -0.3 is 9.29 Å². The first kappa shape index (κ1) is 11.9. The lowest BCUT2D eigenvalue weighted by Gasteiger charge is -2.14. The summed E-state index contributed by atoms with van der Waals surface area (Å²) in [4.78, 5) is -0.882. The van der Waals surface area contributed by atoms with Crippen molar-refractivity contribution in [2.24, 2.45) is 0 Å². The molecule has 0 amide bonds. The van der Waals surface area contributed by atoms with Crippen LogP contribution in [0.4, 0.5) is 17.6 Å². The van der Waals surface area contributed by atoms with E-state index in [4.69, 9.17) is 0 Å². The number of rotatable bonds is 2. The van der Waals surface area contributed by atoms with Crippen molar-refractivity contribution in [2.45, 2.75) is 11.3 Å². The number of halogens is 4. The fourth-order valence-corrected chi connectivity index (χ4v) is 1.32. The minimum absolute atomic E-state index is 0.664. The zero-order valence-electron chi connectivity index (χ0n) is 6.88. The van der Waals surface area contributed by atoms with Gasteiger partial charge in [0.1, 0.15) is 0 Å². The molecule has 0 N–H and O–H groups in total. The molecule has 1 rings (SSSR count). The van der Waals surface area contributed by atoms with Crippen molar-refractivity contribution >= 4 is 11.1 Å². The fourth-order valence-electron chi connectivity index (χ4n) is 0.835. The predicted octanol–water partition coefficient (Wildman–Crippen LogP) is 1.96. The summed E-state index contributed by atoms with van der Waals surface area (Å²) in [6.45, 7) is 0. The zero-order valence-corrected chi connectivity index (χ0v) is 7.69. The molecule has 0 aliphatic heterocycles. The Kier molecular flexibility index (Phi) is 3.30. The van der Waals surface area contributed by atoms with E-state index in [0.717, 1.165) is 12.1 Å². The summed E-state index contributed by atoms with van der Waals surface area (Å²) in [5, 5.41) is 0. The molecule has 0 aliphatic carbocycles. The van der Waals surface area contributed by atoms with Gasteiger partial charge in [-0.2, -0.15) is 0 Å². The lowest BCUT2D eigenvalue weighted by molar-refractivity contribution is -0.276. The number of ether oxygens (including phenoxy) is 1. The molecule has 1 atom stereocenters. The lowest BCUT2D eigenvalue weighted by Crippen LogP contribution is -2.19. The fraction of sp³-hybridized carbons (Fsp3) is 0.143. The molecular weight excluding hydrogens is 240 g/mol. The third-order valence-electron chi connectivity index (χ3n) is 1.33. The molecule has 0 aliphatic rings. The van der Waals surface area contributed by atoms with Crippen LogP contribution in [0.25, 0.3) is 0 Å². The number of hydrogen-bond acceptors (Lipinski definition) is 3. The van der Waals surface area contributed by atoms with E-state index >= 15 is 0 Å². The van der Waals surface area contributed by atoms with Gasteiger partial charge in [0.05, 0.1) is 4.90 Å². The Hall–Kier alpha value is -1.15. The van der Waals surface area contributed by atoms with E-state index < -0.39 is 33.9 Å². The molecule has 0 aromatic heterocycles. The van der Waals surface area contributed by atoms with Gasteiger partial charge in [0.2, 0.25) is 0 Å². The van der Waals surface area contributed by atoms with Crippen molar-refractivity contribution in [3.8, 4) is 5.75 Å². The number of benzene rings is 1. The average molecular weight is 243 g/mol. The van der Waals surface area contributed by atoms with E-state index in [1.807, 2.05) is 0 Å². The number of alkyl halides is 3. The van der Waals surface area contributed by atoms with Gasteiger partial charge in [0.15, 0.2) is 11.6 Å². The Morgan fingerprint density at radius 1 is 1.33 bits per heavy atom. The molecule has 15 heavy (non-hydrogen) atoms. The number of para-hydroxylation sites is 1. The van der Waals surface area contributed by atoms with Crippen LogP contribution in [-0.4, -0.2) is 15.1 Å². The second-order valence-corrected chi connectivity index (χ2v) is 3.26. The van der Waals surface area contributed by atoms with Crippen molar-refractivity contribution in [3.05, 3.63) is 24.0 Å². The van der Waals surface area contributed by atoms with Crippen molar-refractivity contribution in [1.29, 1.82) is 0 Å². The first-order valence-corrected chi connectivity index (χ1v) is 4.52. The molecule has 0 saturated heterocycles. The molecule has 1 unspecified atom stereocenters. The van der Waals surface area contributed by atoms with Crippen LogP contribution in [0.1, 0.15) is 0 Å². The van der Waals surface area contributed by atoms with E-state index in [1.54, 1.807) is 0 Å². The van der Waals surface area contributed by atoms with Crippen LogP contribution in [0, 0.1) is 5.82 Å². The molecule has 0 radical (unpaired) electrons. The molecular formula is C7H3F4O3S-. The quantitative estimate of drug-likeness (QED) is 0.589. The Bertz CT molecular complexity index is 390. The van der Waals surface area contributed by atoms with Gasteiger partial charge in [-0.15, -0.1) is 13.2 Å². The second kappa shape index (κ2) is 4.15. The zero-order chi connectivity index (χ0) is 11.6. The summed E-state index contributed by atoms with van der Waals surface area (Å²) in [5.74, 6) is -2.74. The van der Waals surface area contributed by atoms with Gasteiger partial charge in [-0.05, 0) is 23.2 Å². The Labute approximate surface area is 83.9 Å². The van der Waals surface area contributed by atoms with E-state index in [1.165, 1.54) is 0 Å². The molecule has 0 spiro atoms. The minimum atomic E-state index is -5.14. The van der Waals surface area contributed by atoms with E-state index in [9.17, 15) is 26.3 Å². The summed E-state index contributed by atoms with van der Waals surface area (Å²) in [7, 11) is 0. The third kappa shape index (κ3) is 3.17. The van der Waals surface area contributed by atoms with Crippen molar-refractivity contribution < 1.29 is 31.1 Å². The van der Waals surface area contributed by atoms with Crippen molar-refractivity contribution in [3.63, 3.8) is 0 Å². The van der Waals surface area contributed by atoms with Crippen LogP contribution >= 0.6 is 0 Å². The lowest BCUT2D eigenvalue weighted by atomic mass is 10.3. The molecule has 0 heterocycles. The van der Waals surface area contributed by atoms with Gasteiger partial charge in [-0.3, -0.25) is 4.21 Å². The van der Waals surface area contributed by atoms with Crippen LogP contribution < -0.4 is 4.74 Å². The van der Waals surface area contributed by atoms with E-state index in [0.29, 0.717) is 6.07 Å². The van der Waals surface area contributed by atoms with Gasteiger partial charge >= 0.3 is 6.36 Å². The average Bonchev–Trinajstić information content (AvgIpc) is 2.05. The molecule has 84 valence electrons. The van der Waals surface area contributed by atoms with Crippen molar-refractivity contribution in [2.75, 3.05) is 0 Å². The predicted molar refractivity (Wildman–Crippen MR) is 40.3 cm³/mol. The molecule has 0 fully saturated rings. The van der Waals surface area contributed by atoms with E-state index in [2.05, 4.69) is 4.74 Å². The topological polar surface area (TPSA) is 49.4 Å². The summed E-state index contributed by atoms with van der Waals surface area (Å²) >= 11 is -3.00. The second-order valence-electron chi connectivity index (χ2n) is 2.35. The van der Waals surface area contributed by atoms with E-state index in [-0.39, 0.29) is 0 Å². The van der Waals surface area contributed by atoms with Crippen LogP contribution in [0.5, 0.6) is 5.75 Å². The molecule has 1 aromatic carbocycles. The first-order valence-electron chi connectivity index (χ1n) is 3.45.